The molecule has 1 amide bonds. The van der Waals surface area contributed by atoms with Crippen LogP contribution >= 0.6 is 0 Å². The predicted molar refractivity (Wildman–Crippen MR) is 88.4 cm³/mol. The van der Waals surface area contributed by atoms with Crippen LogP contribution in [0.15, 0.2) is 42.7 Å². The summed E-state index contributed by atoms with van der Waals surface area (Å²) in [7, 11) is 1.48. The lowest BCUT2D eigenvalue weighted by Gasteiger charge is -2.11. The van der Waals surface area contributed by atoms with E-state index in [0.717, 1.165) is 5.56 Å². The molecule has 2 aromatic heterocycles. The molecule has 0 spiro atoms. The number of fused-ring (bicyclic) bond motifs is 1. The number of halogens is 1. The lowest BCUT2D eigenvalue weighted by atomic mass is 10.1. The van der Waals surface area contributed by atoms with Gasteiger partial charge in [-0.15, -0.1) is 0 Å². The molecule has 3 aromatic rings. The number of nitrogens with zero attached hydrogens (tertiary/aromatic N) is 2. The third-order valence-corrected chi connectivity index (χ3v) is 3.69. The van der Waals surface area contributed by atoms with Gasteiger partial charge in [-0.2, -0.15) is 0 Å². The molecule has 0 unspecified atom stereocenters. The average Bonchev–Trinajstić information content (AvgIpc) is 2.59. The van der Waals surface area contributed by atoms with Crippen molar-refractivity contribution in [2.75, 3.05) is 7.11 Å². The van der Waals surface area contributed by atoms with E-state index in [4.69, 9.17) is 4.74 Å². The second kappa shape index (κ2) is 6.62. The van der Waals surface area contributed by atoms with E-state index in [-0.39, 0.29) is 17.4 Å². The lowest BCUT2D eigenvalue weighted by molar-refractivity contribution is 0.0946. The van der Waals surface area contributed by atoms with E-state index in [0.29, 0.717) is 28.8 Å². The number of pyridine rings is 2. The van der Waals surface area contributed by atoms with Gasteiger partial charge in [0.25, 0.3) is 5.91 Å². The van der Waals surface area contributed by atoms with Crippen molar-refractivity contribution >= 4 is 16.8 Å². The molecule has 3 rings (SSSR count). The van der Waals surface area contributed by atoms with Crippen LogP contribution in [0, 0.1) is 12.7 Å². The van der Waals surface area contributed by atoms with Crippen LogP contribution in [0.3, 0.4) is 0 Å². The monoisotopic (exact) mass is 325 g/mol. The Hall–Kier alpha value is -3.02. The number of aryl methyl sites for hydroxylation is 1. The summed E-state index contributed by atoms with van der Waals surface area (Å²) in [4.78, 5) is 20.7. The molecular formula is C18H16FN3O2. The number of nitrogens with one attached hydrogen (secondary N) is 1. The Morgan fingerprint density at radius 2 is 2.00 bits per heavy atom. The zero-order valence-corrected chi connectivity index (χ0v) is 13.3. The molecular weight excluding hydrogens is 309 g/mol. The van der Waals surface area contributed by atoms with Gasteiger partial charge in [0.05, 0.1) is 12.6 Å². The summed E-state index contributed by atoms with van der Waals surface area (Å²) in [5.74, 6) is -0.276. The minimum absolute atomic E-state index is 0.225. The van der Waals surface area contributed by atoms with Crippen molar-refractivity contribution in [2.24, 2.45) is 0 Å². The summed E-state index contributed by atoms with van der Waals surface area (Å²) in [6.07, 6.45) is 3.33. The summed E-state index contributed by atoms with van der Waals surface area (Å²) in [6, 6.07) is 7.90. The summed E-state index contributed by atoms with van der Waals surface area (Å²) in [5, 5.41) is 3.35. The van der Waals surface area contributed by atoms with Gasteiger partial charge in [0.1, 0.15) is 17.3 Å². The largest absolute Gasteiger partial charge is 0.496 e. The standard InChI is InChI=1S/C18H16FN3O2/c1-11-7-13(19)8-14-16(24-2)9-15(22-17(11)14)18(23)21-10-12-3-5-20-6-4-12/h3-9H,10H2,1-2H3,(H,21,23). The number of carbonyl (C=O) groups is 1. The Labute approximate surface area is 138 Å². The van der Waals surface area contributed by atoms with Gasteiger partial charge in [0, 0.05) is 30.4 Å². The number of carbonyl (C=O) groups excluding carboxylic acids is 1. The zero-order valence-electron chi connectivity index (χ0n) is 13.3. The molecule has 6 heteroatoms. The fourth-order valence-electron chi connectivity index (χ4n) is 2.49. The van der Waals surface area contributed by atoms with Gasteiger partial charge in [-0.3, -0.25) is 9.78 Å². The Morgan fingerprint density at radius 1 is 1.25 bits per heavy atom. The molecule has 1 aromatic carbocycles. The number of aromatic nitrogens is 2. The van der Waals surface area contributed by atoms with E-state index in [9.17, 15) is 9.18 Å². The molecule has 1 N–H and O–H groups in total. The van der Waals surface area contributed by atoms with Crippen LogP contribution < -0.4 is 10.1 Å². The van der Waals surface area contributed by atoms with E-state index in [1.807, 2.05) is 12.1 Å². The van der Waals surface area contributed by atoms with E-state index in [1.54, 1.807) is 19.3 Å². The molecule has 0 atom stereocenters. The van der Waals surface area contributed by atoms with Gasteiger partial charge in [-0.05, 0) is 42.3 Å². The fraction of sp³-hybridized carbons (Fsp3) is 0.167. The molecule has 0 saturated heterocycles. The molecule has 5 nitrogen and oxygen atoms in total. The second-order valence-electron chi connectivity index (χ2n) is 5.37. The second-order valence-corrected chi connectivity index (χ2v) is 5.37. The van der Waals surface area contributed by atoms with Gasteiger partial charge in [-0.1, -0.05) is 0 Å². The summed E-state index contributed by atoms with van der Waals surface area (Å²) >= 11 is 0. The lowest BCUT2D eigenvalue weighted by Crippen LogP contribution is -2.24. The van der Waals surface area contributed by atoms with Crippen molar-refractivity contribution in [2.45, 2.75) is 13.5 Å². The number of amides is 1. The molecule has 24 heavy (non-hydrogen) atoms. The van der Waals surface area contributed by atoms with Gasteiger partial charge in [0.15, 0.2) is 0 Å². The van der Waals surface area contributed by atoms with Crippen molar-refractivity contribution in [1.82, 2.24) is 15.3 Å². The molecule has 0 fully saturated rings. The van der Waals surface area contributed by atoms with Crippen molar-refractivity contribution in [1.29, 1.82) is 0 Å². The summed E-state index contributed by atoms with van der Waals surface area (Å²) in [6.45, 7) is 2.11. The van der Waals surface area contributed by atoms with E-state index in [2.05, 4.69) is 15.3 Å². The molecule has 0 aliphatic heterocycles. The number of benzene rings is 1. The predicted octanol–water partition coefficient (Wildman–Crippen LogP) is 3.02. The number of hydrogen-bond donors (Lipinski definition) is 1. The highest BCUT2D eigenvalue weighted by Gasteiger charge is 2.14. The highest BCUT2D eigenvalue weighted by Crippen LogP contribution is 2.28. The molecule has 0 aliphatic carbocycles. The maximum Gasteiger partial charge on any atom is 0.270 e. The van der Waals surface area contributed by atoms with E-state index < -0.39 is 0 Å². The number of ether oxygens (including phenoxy) is 1. The van der Waals surface area contributed by atoms with Crippen molar-refractivity contribution in [3.8, 4) is 5.75 Å². The van der Waals surface area contributed by atoms with Crippen LogP contribution in [0.1, 0.15) is 21.6 Å². The van der Waals surface area contributed by atoms with Gasteiger partial charge in [0.2, 0.25) is 0 Å². The van der Waals surface area contributed by atoms with Crippen LogP contribution in [0.4, 0.5) is 4.39 Å². The Kier molecular flexibility index (Phi) is 4.37. The van der Waals surface area contributed by atoms with Crippen LogP contribution in [-0.4, -0.2) is 23.0 Å². The third-order valence-electron chi connectivity index (χ3n) is 3.69. The van der Waals surface area contributed by atoms with E-state index >= 15 is 0 Å². The number of rotatable bonds is 4. The first-order chi connectivity index (χ1) is 11.6. The topological polar surface area (TPSA) is 64.1 Å². The zero-order chi connectivity index (χ0) is 17.1. The van der Waals surface area contributed by atoms with Crippen LogP contribution in [-0.2, 0) is 6.54 Å². The van der Waals surface area contributed by atoms with Crippen molar-refractivity contribution in [3.05, 3.63) is 65.4 Å². The normalized spacial score (nSPS) is 10.6. The van der Waals surface area contributed by atoms with Gasteiger partial charge < -0.3 is 10.1 Å². The summed E-state index contributed by atoms with van der Waals surface area (Å²) < 4.78 is 18.9. The maximum atomic E-state index is 13.6. The van der Waals surface area contributed by atoms with Gasteiger partial charge >= 0.3 is 0 Å². The smallest absolute Gasteiger partial charge is 0.270 e. The first kappa shape index (κ1) is 15.9. The van der Waals surface area contributed by atoms with Crippen molar-refractivity contribution < 1.29 is 13.9 Å². The fourth-order valence-corrected chi connectivity index (χ4v) is 2.49. The SMILES string of the molecule is COc1cc(C(=O)NCc2ccncc2)nc2c(C)cc(F)cc12. The molecule has 0 aliphatic rings. The maximum absolute atomic E-state index is 13.6. The highest BCUT2D eigenvalue weighted by molar-refractivity contribution is 5.97. The first-order valence-electron chi connectivity index (χ1n) is 7.40. The molecule has 122 valence electrons. The number of methoxy groups -OCH3 is 1. The first-order valence-corrected chi connectivity index (χ1v) is 7.40. The quantitative estimate of drug-likeness (QED) is 0.801. The Bertz CT molecular complexity index is 898. The molecule has 2 heterocycles. The Balaban J connectivity index is 1.93. The summed E-state index contributed by atoms with van der Waals surface area (Å²) in [5.41, 5.74) is 2.35. The van der Waals surface area contributed by atoms with Crippen LogP contribution in [0.5, 0.6) is 5.75 Å². The average molecular weight is 325 g/mol. The van der Waals surface area contributed by atoms with Crippen LogP contribution in [0.2, 0.25) is 0 Å². The highest BCUT2D eigenvalue weighted by atomic mass is 19.1. The number of hydrogen-bond acceptors (Lipinski definition) is 4. The van der Waals surface area contributed by atoms with E-state index in [1.165, 1.54) is 25.3 Å². The Morgan fingerprint density at radius 3 is 2.71 bits per heavy atom. The van der Waals surface area contributed by atoms with Gasteiger partial charge in [-0.25, -0.2) is 9.37 Å². The molecule has 0 saturated carbocycles. The molecule has 0 radical (unpaired) electrons. The minimum atomic E-state index is -0.366. The van der Waals surface area contributed by atoms with Crippen molar-refractivity contribution in [3.63, 3.8) is 0 Å². The minimum Gasteiger partial charge on any atom is -0.496 e. The van der Waals surface area contributed by atoms with Crippen LogP contribution in [0.25, 0.3) is 10.9 Å². The third kappa shape index (κ3) is 3.17. The molecule has 0 bridgehead atoms.